The first kappa shape index (κ1) is 21.0. The molecule has 0 aliphatic rings. The summed E-state index contributed by atoms with van der Waals surface area (Å²) in [4.78, 5) is 26.5. The van der Waals surface area contributed by atoms with Crippen LogP contribution in [-0.4, -0.2) is 48.2 Å². The third kappa shape index (κ3) is 6.10. The first-order chi connectivity index (χ1) is 13.1. The fourth-order valence-electron chi connectivity index (χ4n) is 3.19. The summed E-state index contributed by atoms with van der Waals surface area (Å²) in [5.74, 6) is 0.276. The molecule has 0 aliphatic heterocycles. The van der Waals surface area contributed by atoms with Crippen molar-refractivity contribution in [2.24, 2.45) is 7.05 Å². The second-order valence-electron chi connectivity index (χ2n) is 6.76. The van der Waals surface area contributed by atoms with Gasteiger partial charge in [0.05, 0.1) is 5.52 Å². The zero-order valence-electron chi connectivity index (χ0n) is 16.7. The number of ether oxygens (including phenoxy) is 1. The van der Waals surface area contributed by atoms with Gasteiger partial charge in [0, 0.05) is 25.0 Å². The summed E-state index contributed by atoms with van der Waals surface area (Å²) in [6.07, 6.45) is 3.20. The molecule has 6 nitrogen and oxygen atoms in total. The Morgan fingerprint density at radius 2 is 1.85 bits per heavy atom. The molecule has 1 N–H and O–H groups in total. The number of hydrogen-bond acceptors (Lipinski definition) is 4. The van der Waals surface area contributed by atoms with Crippen LogP contribution < -0.4 is 15.6 Å². The van der Waals surface area contributed by atoms with E-state index in [-0.39, 0.29) is 18.1 Å². The van der Waals surface area contributed by atoms with E-state index in [1.165, 1.54) is 6.07 Å². The van der Waals surface area contributed by atoms with Crippen LogP contribution in [0.4, 0.5) is 0 Å². The number of fused-ring (bicyclic) bond motifs is 1. The van der Waals surface area contributed by atoms with E-state index in [2.05, 4.69) is 24.1 Å². The van der Waals surface area contributed by atoms with E-state index in [0.717, 1.165) is 49.8 Å². The maximum absolute atomic E-state index is 12.1. The van der Waals surface area contributed by atoms with Gasteiger partial charge in [0.1, 0.15) is 5.75 Å². The van der Waals surface area contributed by atoms with Gasteiger partial charge in [-0.3, -0.25) is 9.59 Å². The smallest absolute Gasteiger partial charge is 0.257 e. The lowest BCUT2D eigenvalue weighted by Gasteiger charge is -2.20. The fourth-order valence-corrected chi connectivity index (χ4v) is 3.19. The van der Waals surface area contributed by atoms with Crippen molar-refractivity contribution < 1.29 is 9.53 Å². The Bertz CT molecular complexity index is 795. The Labute approximate surface area is 161 Å². The van der Waals surface area contributed by atoms with E-state index in [4.69, 9.17) is 4.74 Å². The second kappa shape index (κ2) is 10.7. The molecule has 0 unspecified atom stereocenters. The summed E-state index contributed by atoms with van der Waals surface area (Å²) in [5.41, 5.74) is 0.628. The molecule has 0 saturated carbocycles. The SMILES string of the molecule is CCCN(CCC)CCCNC(=O)COc1cc(=O)n(C)c2ccccc12. The molecule has 0 radical (unpaired) electrons. The third-order valence-corrected chi connectivity index (χ3v) is 4.53. The lowest BCUT2D eigenvalue weighted by Crippen LogP contribution is -2.33. The molecule has 0 spiro atoms. The van der Waals surface area contributed by atoms with Crippen LogP contribution in [0.5, 0.6) is 5.75 Å². The molecule has 0 fully saturated rings. The van der Waals surface area contributed by atoms with Gasteiger partial charge in [-0.25, -0.2) is 0 Å². The van der Waals surface area contributed by atoms with Crippen LogP contribution in [0, 0.1) is 0 Å². The molecular formula is C21H31N3O3. The maximum Gasteiger partial charge on any atom is 0.257 e. The predicted molar refractivity (Wildman–Crippen MR) is 109 cm³/mol. The van der Waals surface area contributed by atoms with Gasteiger partial charge in [0.2, 0.25) is 0 Å². The quantitative estimate of drug-likeness (QED) is 0.615. The summed E-state index contributed by atoms with van der Waals surface area (Å²) >= 11 is 0. The van der Waals surface area contributed by atoms with Crippen molar-refractivity contribution in [3.63, 3.8) is 0 Å². The summed E-state index contributed by atoms with van der Waals surface area (Å²) in [7, 11) is 1.72. The number of carbonyl (C=O) groups is 1. The summed E-state index contributed by atoms with van der Waals surface area (Å²) < 4.78 is 7.21. The normalized spacial score (nSPS) is 11.1. The summed E-state index contributed by atoms with van der Waals surface area (Å²) in [5, 5.41) is 3.71. The van der Waals surface area contributed by atoms with Gasteiger partial charge in [-0.1, -0.05) is 26.0 Å². The number of hydrogen-bond donors (Lipinski definition) is 1. The van der Waals surface area contributed by atoms with Crippen molar-refractivity contribution in [2.75, 3.05) is 32.8 Å². The van der Waals surface area contributed by atoms with Crippen molar-refractivity contribution >= 4 is 16.8 Å². The number of aryl methyl sites for hydroxylation is 1. The van der Waals surface area contributed by atoms with Crippen molar-refractivity contribution in [3.05, 3.63) is 40.7 Å². The van der Waals surface area contributed by atoms with Crippen LogP contribution in [0.2, 0.25) is 0 Å². The highest BCUT2D eigenvalue weighted by Crippen LogP contribution is 2.22. The highest BCUT2D eigenvalue weighted by Gasteiger charge is 2.09. The maximum atomic E-state index is 12.1. The monoisotopic (exact) mass is 373 g/mol. The molecule has 0 bridgehead atoms. The predicted octanol–water partition coefficient (Wildman–Crippen LogP) is 2.55. The molecule has 2 aromatic rings. The Morgan fingerprint density at radius 3 is 2.56 bits per heavy atom. The van der Waals surface area contributed by atoms with Gasteiger partial charge in [-0.05, 0) is 51.0 Å². The molecule has 148 valence electrons. The number of carbonyl (C=O) groups excluding carboxylic acids is 1. The first-order valence-electron chi connectivity index (χ1n) is 9.77. The highest BCUT2D eigenvalue weighted by atomic mass is 16.5. The fraction of sp³-hybridized carbons (Fsp3) is 0.524. The van der Waals surface area contributed by atoms with E-state index in [0.29, 0.717) is 12.3 Å². The molecule has 1 amide bonds. The minimum atomic E-state index is -0.169. The standard InChI is InChI=1S/C21H31N3O3/c1-4-12-24(13-5-2)14-8-11-22-20(25)16-27-19-15-21(26)23(3)18-10-7-6-9-17(18)19/h6-7,9-10,15H,4-5,8,11-14,16H2,1-3H3,(H,22,25). The van der Waals surface area contributed by atoms with E-state index in [9.17, 15) is 9.59 Å². The van der Waals surface area contributed by atoms with E-state index >= 15 is 0 Å². The zero-order valence-corrected chi connectivity index (χ0v) is 16.7. The Hall–Kier alpha value is -2.34. The van der Waals surface area contributed by atoms with Crippen molar-refractivity contribution in [1.29, 1.82) is 0 Å². The largest absolute Gasteiger partial charge is 0.483 e. The van der Waals surface area contributed by atoms with Crippen LogP contribution in [0.3, 0.4) is 0 Å². The van der Waals surface area contributed by atoms with E-state index in [1.807, 2.05) is 24.3 Å². The molecular weight excluding hydrogens is 342 g/mol. The number of pyridine rings is 1. The van der Waals surface area contributed by atoms with Gasteiger partial charge in [-0.2, -0.15) is 0 Å². The Balaban J connectivity index is 1.83. The van der Waals surface area contributed by atoms with Gasteiger partial charge >= 0.3 is 0 Å². The summed E-state index contributed by atoms with van der Waals surface area (Å²) in [6.45, 7) is 8.09. The number of para-hydroxylation sites is 1. The van der Waals surface area contributed by atoms with E-state index in [1.54, 1.807) is 11.6 Å². The second-order valence-corrected chi connectivity index (χ2v) is 6.76. The van der Waals surface area contributed by atoms with Crippen LogP contribution in [-0.2, 0) is 11.8 Å². The summed E-state index contributed by atoms with van der Waals surface area (Å²) in [6, 6.07) is 8.94. The molecule has 6 heteroatoms. The molecule has 2 rings (SSSR count). The molecule has 0 aliphatic carbocycles. The molecule has 27 heavy (non-hydrogen) atoms. The van der Waals surface area contributed by atoms with E-state index < -0.39 is 0 Å². The minimum absolute atomic E-state index is 0.0925. The number of benzene rings is 1. The van der Waals surface area contributed by atoms with Crippen LogP contribution in [0.1, 0.15) is 33.1 Å². The molecule has 1 aromatic carbocycles. The van der Waals surface area contributed by atoms with Crippen LogP contribution in [0.25, 0.3) is 10.9 Å². The lowest BCUT2D eigenvalue weighted by atomic mass is 10.2. The van der Waals surface area contributed by atoms with Gasteiger partial charge < -0.3 is 19.5 Å². The molecule has 0 atom stereocenters. The van der Waals surface area contributed by atoms with Crippen LogP contribution >= 0.6 is 0 Å². The highest BCUT2D eigenvalue weighted by molar-refractivity contribution is 5.86. The molecule has 1 heterocycles. The van der Waals surface area contributed by atoms with Crippen molar-refractivity contribution in [3.8, 4) is 5.75 Å². The third-order valence-electron chi connectivity index (χ3n) is 4.53. The number of aromatic nitrogens is 1. The van der Waals surface area contributed by atoms with Gasteiger partial charge in [-0.15, -0.1) is 0 Å². The Morgan fingerprint density at radius 1 is 1.15 bits per heavy atom. The lowest BCUT2D eigenvalue weighted by molar-refractivity contribution is -0.123. The number of amides is 1. The number of rotatable bonds is 11. The van der Waals surface area contributed by atoms with Crippen molar-refractivity contribution in [2.45, 2.75) is 33.1 Å². The molecule has 1 aromatic heterocycles. The van der Waals surface area contributed by atoms with Crippen molar-refractivity contribution in [1.82, 2.24) is 14.8 Å². The first-order valence-corrected chi connectivity index (χ1v) is 9.77. The number of nitrogens with zero attached hydrogens (tertiary/aromatic N) is 2. The van der Waals surface area contributed by atoms with Gasteiger partial charge in [0.25, 0.3) is 11.5 Å². The topological polar surface area (TPSA) is 63.6 Å². The zero-order chi connectivity index (χ0) is 19.6. The van der Waals surface area contributed by atoms with Crippen LogP contribution in [0.15, 0.2) is 35.1 Å². The van der Waals surface area contributed by atoms with Gasteiger partial charge in [0.15, 0.2) is 6.61 Å². The molecule has 0 saturated heterocycles. The average Bonchev–Trinajstić information content (AvgIpc) is 2.67. The average molecular weight is 373 g/mol. The number of nitrogens with one attached hydrogen (secondary N) is 1. The minimum Gasteiger partial charge on any atom is -0.483 e. The Kier molecular flexibility index (Phi) is 8.33.